The maximum atomic E-state index is 14.2. The number of hydrogen-bond acceptors (Lipinski definition) is 26. The standard InChI is InChI=1S/C89H168N4O19P2.C23H48N4O5P2/c1-9-17-23-29-33-37-41-47-51-57-81(94)73-85(96)92-79(75-103-69-63-83(59-53-45-27-21-13-5)111-87(98)61-55-49-43-39-35-31-25-19-11-3)77-109-113(101,105-67-15-7)107-71-65-90-89(100)91-66-72-108-114(102,106-68-16-8)110-78-80(93-86(97)74-82(95)58-52-48-42-38-34-30-24-18-10-2)76-104-70-64-84(60-54-46-28-22-14-6)112-88(99)62-56-50-44-40-36-32-26-20-12-4;1-11-15-29-33(26(19(3)4)20(5)6)31-17-13-24-23(28)25-14-18-32-34(30-16-12-2)27(21(7)8)22(9)10/h15-16,79-80,83-84H,7-14,17-78H2,1-6H3,(H,92,96)(H,93,97)(H2,90,91,100);11-12,19-22H,1-2,13-18H2,3-10H3,(H2,24,25,28)/t79-,80-,83-,84-,113?,114?;/m1./s1. The summed E-state index contributed by atoms with van der Waals surface area (Å²) in [7, 11) is -11.3. The van der Waals surface area contributed by atoms with Crippen LogP contribution in [0.25, 0.3) is 0 Å². The molecule has 0 saturated carbocycles. The molecule has 0 saturated heterocycles. The Labute approximate surface area is 902 Å². The van der Waals surface area contributed by atoms with Gasteiger partial charge in [0, 0.05) is 88.9 Å². The van der Waals surface area contributed by atoms with Crippen LogP contribution in [0.4, 0.5) is 9.59 Å². The van der Waals surface area contributed by atoms with E-state index in [-0.39, 0.29) is 158 Å². The number of esters is 2. The number of urea groups is 2. The number of phosphoric acid groups is 2. The highest BCUT2D eigenvalue weighted by Crippen LogP contribution is 2.51. The maximum absolute atomic E-state index is 14.2. The summed E-state index contributed by atoms with van der Waals surface area (Å²) in [6.45, 7) is 44.8. The van der Waals surface area contributed by atoms with Gasteiger partial charge in [-0.1, -0.05) is 323 Å². The number of ether oxygens (including phenoxy) is 4. The number of phosphoric ester groups is 2. The summed E-state index contributed by atoms with van der Waals surface area (Å²) < 4.78 is 115. The molecule has 868 valence electrons. The highest BCUT2D eigenvalue weighted by molar-refractivity contribution is 7.48. The number of carbonyl (C=O) groups is 8. The Kier molecular flexibility index (Phi) is 102. The average Bonchev–Trinajstić information content (AvgIpc) is 0.878. The predicted octanol–water partition coefficient (Wildman–Crippen LogP) is 28.3. The van der Waals surface area contributed by atoms with Crippen molar-refractivity contribution in [3.8, 4) is 0 Å². The molecule has 0 bridgehead atoms. The lowest BCUT2D eigenvalue weighted by Gasteiger charge is -2.35. The summed E-state index contributed by atoms with van der Waals surface area (Å²) in [6.07, 6.45) is 58.9. The fourth-order valence-corrected chi connectivity index (χ4v) is 21.9. The number of rotatable bonds is 110. The van der Waals surface area contributed by atoms with Crippen molar-refractivity contribution in [2.75, 3.05) is 119 Å². The largest absolute Gasteiger partial charge is 0.475 e. The Morgan fingerprint density at radius 2 is 0.547 bits per heavy atom. The molecule has 0 spiro atoms. The van der Waals surface area contributed by atoms with Crippen molar-refractivity contribution in [1.29, 1.82) is 0 Å². The molecule has 0 aliphatic carbocycles. The summed E-state index contributed by atoms with van der Waals surface area (Å²) in [4.78, 5) is 105. The van der Waals surface area contributed by atoms with E-state index in [1.165, 1.54) is 153 Å². The van der Waals surface area contributed by atoms with Crippen LogP contribution in [0.2, 0.25) is 0 Å². The van der Waals surface area contributed by atoms with Gasteiger partial charge in [-0.2, -0.15) is 0 Å². The molecule has 6 N–H and O–H groups in total. The lowest BCUT2D eigenvalue weighted by atomic mass is 10.0. The van der Waals surface area contributed by atoms with Gasteiger partial charge < -0.3 is 68.9 Å². The molecule has 0 fully saturated rings. The molecule has 0 aliphatic rings. The first-order valence-electron chi connectivity index (χ1n) is 57.9. The maximum Gasteiger partial charge on any atom is 0.475 e. The zero-order valence-electron chi connectivity index (χ0n) is 95.6. The number of nitrogens with zero attached hydrogens (tertiary/aromatic N) is 2. The summed E-state index contributed by atoms with van der Waals surface area (Å²) in [6, 6.07) is -1.72. The number of unbranched alkanes of at least 4 members (excludes halogenated alkanes) is 40. The summed E-state index contributed by atoms with van der Waals surface area (Å²) in [5.41, 5.74) is 0. The Bertz CT molecular complexity index is 3120. The Balaban J connectivity index is 0. The van der Waals surface area contributed by atoms with Gasteiger partial charge in [0.15, 0.2) is 0 Å². The van der Waals surface area contributed by atoms with E-state index in [4.69, 9.17) is 64.2 Å². The number of Topliss-reactive ketones (excluding diaryl/α,β-unsaturated/α-hetero) is 2. The molecule has 32 nitrogen and oxygen atoms in total. The van der Waals surface area contributed by atoms with Gasteiger partial charge in [0.05, 0.1) is 117 Å². The molecule has 0 rings (SSSR count). The second-order valence-electron chi connectivity index (χ2n) is 39.8. The molecule has 4 unspecified atom stereocenters. The van der Waals surface area contributed by atoms with Crippen LogP contribution in [0.5, 0.6) is 0 Å². The van der Waals surface area contributed by atoms with Gasteiger partial charge >= 0.3 is 39.6 Å². The second-order valence-corrected chi connectivity index (χ2v) is 46.0. The van der Waals surface area contributed by atoms with Crippen LogP contribution in [0, 0.1) is 0 Å². The van der Waals surface area contributed by atoms with Gasteiger partial charge in [-0.25, -0.2) is 28.1 Å². The molecule has 148 heavy (non-hydrogen) atoms. The zero-order valence-corrected chi connectivity index (χ0v) is 99.1. The molecule has 0 radical (unpaired) electrons. The molecule has 8 atom stereocenters. The molecular formula is C112H216N8O24P4. The first-order chi connectivity index (χ1) is 71.5. The van der Waals surface area contributed by atoms with Crippen LogP contribution in [0.15, 0.2) is 50.6 Å². The monoisotopic (exact) mass is 2180 g/mol. The van der Waals surface area contributed by atoms with E-state index in [0.717, 1.165) is 141 Å². The minimum atomic E-state index is -4.42. The minimum absolute atomic E-state index is 0.111. The molecule has 0 heterocycles. The zero-order chi connectivity index (χ0) is 110. The fraction of sp³-hybridized carbons (Fsp3) is 0.857. The Morgan fingerprint density at radius 3 is 0.818 bits per heavy atom. The Hall–Kier alpha value is -4.52. The molecule has 0 aromatic carbocycles. The quantitative estimate of drug-likeness (QED) is 0.0108. The highest BCUT2D eigenvalue weighted by Gasteiger charge is 2.34. The van der Waals surface area contributed by atoms with Crippen LogP contribution >= 0.6 is 32.7 Å². The number of nitrogens with one attached hydrogen (secondary N) is 6. The van der Waals surface area contributed by atoms with Crippen molar-refractivity contribution in [1.82, 2.24) is 41.2 Å². The van der Waals surface area contributed by atoms with Crippen LogP contribution in [-0.2, 0) is 102 Å². The molecule has 0 aromatic rings. The fourth-order valence-electron chi connectivity index (χ4n) is 16.4. The number of ketones is 2. The molecule has 36 heteroatoms. The topological polar surface area (TPSA) is 379 Å². The van der Waals surface area contributed by atoms with Crippen molar-refractivity contribution in [2.45, 2.75) is 505 Å². The smallest absolute Gasteiger partial charge is 0.462 e. The predicted molar refractivity (Wildman–Crippen MR) is 604 cm³/mol. The van der Waals surface area contributed by atoms with E-state index < -0.39 is 75.8 Å². The minimum Gasteiger partial charge on any atom is -0.462 e. The number of amides is 6. The first-order valence-corrected chi connectivity index (χ1v) is 63.1. The van der Waals surface area contributed by atoms with Crippen molar-refractivity contribution in [3.63, 3.8) is 0 Å². The number of hydrogen-bond donors (Lipinski definition) is 6. The summed E-state index contributed by atoms with van der Waals surface area (Å²) >= 11 is 0. The van der Waals surface area contributed by atoms with Crippen LogP contribution in [-0.4, -0.2) is 224 Å². The second kappa shape index (κ2) is 104. The van der Waals surface area contributed by atoms with Crippen molar-refractivity contribution in [3.05, 3.63) is 50.6 Å². The molecule has 0 aromatic heterocycles. The van der Waals surface area contributed by atoms with Crippen LogP contribution in [0.3, 0.4) is 0 Å². The third-order valence-corrected chi connectivity index (χ3v) is 31.3. The average molecular weight is 2180 g/mol. The van der Waals surface area contributed by atoms with E-state index in [9.17, 15) is 47.5 Å². The molecule has 6 amide bonds. The lowest BCUT2D eigenvalue weighted by Crippen LogP contribution is -2.42. The van der Waals surface area contributed by atoms with E-state index in [2.05, 4.69) is 164 Å². The van der Waals surface area contributed by atoms with Crippen LogP contribution < -0.4 is 31.9 Å². The van der Waals surface area contributed by atoms with Crippen molar-refractivity contribution in [2.24, 2.45) is 0 Å². The van der Waals surface area contributed by atoms with E-state index >= 15 is 0 Å². The van der Waals surface area contributed by atoms with Gasteiger partial charge in [-0.05, 0) is 107 Å². The SMILES string of the molecule is C=CCOP(=O)(OCCNC(=O)NCCOP(=O)(OCC=C)OC[C@@H](COCC[C@@H](CCCCCCC)OC(=O)CCCCCCCCCCC)NC(=O)CC(=O)CCCCCCCCCCC)OC[C@@H](COCC[C@@H](CCCCCCC)OC(=O)CCCCCCCCCCC)NC(=O)CC(=O)CCCCCCCCCCC.C=CCOP(OCCNC(=O)NCCOP(OCC=C)N(C(C)C)C(C)C)N(C(C)C)C(C)C. The summed E-state index contributed by atoms with van der Waals surface area (Å²) in [5, 5.41) is 16.5. The third kappa shape index (κ3) is 90.7. The highest BCUT2D eigenvalue weighted by atomic mass is 31.2. The number of carbonyl (C=O) groups excluding carboxylic acids is 8. The van der Waals surface area contributed by atoms with Gasteiger partial charge in [0.1, 0.15) is 23.8 Å². The van der Waals surface area contributed by atoms with Gasteiger partial charge in [0.2, 0.25) is 11.8 Å². The molecule has 0 aliphatic heterocycles. The van der Waals surface area contributed by atoms with Gasteiger partial charge in [-0.3, -0.25) is 55.9 Å². The van der Waals surface area contributed by atoms with E-state index in [1.54, 1.807) is 12.2 Å². The molecular weight excluding hydrogens is 1970 g/mol. The summed E-state index contributed by atoms with van der Waals surface area (Å²) in [5.74, 6) is -1.93. The lowest BCUT2D eigenvalue weighted by molar-refractivity contribution is -0.151. The van der Waals surface area contributed by atoms with Gasteiger partial charge in [0.25, 0.3) is 17.1 Å². The van der Waals surface area contributed by atoms with Crippen molar-refractivity contribution < 1.29 is 112 Å². The van der Waals surface area contributed by atoms with Crippen molar-refractivity contribution >= 4 is 80.1 Å². The normalized spacial score (nSPS) is 13.6. The Morgan fingerprint density at radius 1 is 0.291 bits per heavy atom. The third-order valence-electron chi connectivity index (χ3n) is 24.3. The van der Waals surface area contributed by atoms with Gasteiger partial charge in [-0.15, -0.1) is 26.3 Å². The van der Waals surface area contributed by atoms with Crippen LogP contribution in [0.1, 0.15) is 456 Å². The van der Waals surface area contributed by atoms with E-state index in [1.807, 2.05) is 0 Å². The first kappa shape index (κ1) is 146. The van der Waals surface area contributed by atoms with E-state index in [0.29, 0.717) is 90.9 Å².